The number of fused-ring (bicyclic) bond motifs is 1. The smallest absolute Gasteiger partial charge is 0.266 e. The Morgan fingerprint density at radius 3 is 2.60 bits per heavy atom. The molecule has 7 heteroatoms. The van der Waals surface area contributed by atoms with Crippen LogP contribution in [0, 0.1) is 13.8 Å². The highest BCUT2D eigenvalue weighted by Gasteiger charge is 2.15. The summed E-state index contributed by atoms with van der Waals surface area (Å²) in [6, 6.07) is 17.2. The van der Waals surface area contributed by atoms with E-state index >= 15 is 0 Å². The van der Waals surface area contributed by atoms with Crippen molar-refractivity contribution in [2.45, 2.75) is 25.5 Å². The molecule has 0 aliphatic heterocycles. The van der Waals surface area contributed by atoms with Gasteiger partial charge in [-0.15, -0.1) is 11.3 Å². The normalized spacial score (nSPS) is 11.0. The summed E-state index contributed by atoms with van der Waals surface area (Å²) in [5.74, 6) is 0.0869. The second-order valence-corrected chi connectivity index (χ2v) is 9.02. The number of thiophene rings is 1. The van der Waals surface area contributed by atoms with Crippen molar-refractivity contribution in [1.82, 2.24) is 14.9 Å². The number of hydrogen-bond acceptors (Lipinski definition) is 5. The molecule has 152 valence electrons. The van der Waals surface area contributed by atoms with E-state index in [1.807, 2.05) is 61.7 Å². The van der Waals surface area contributed by atoms with E-state index in [1.54, 1.807) is 22.0 Å². The summed E-state index contributed by atoms with van der Waals surface area (Å²) in [4.78, 5) is 31.5. The highest BCUT2D eigenvalue weighted by atomic mass is 32.2. The lowest BCUT2D eigenvalue weighted by atomic mass is 10.1. The van der Waals surface area contributed by atoms with Crippen LogP contribution >= 0.6 is 23.1 Å². The van der Waals surface area contributed by atoms with E-state index in [0.29, 0.717) is 22.6 Å². The third-order valence-corrected chi connectivity index (χ3v) is 6.40. The first-order valence-electron chi connectivity index (χ1n) is 9.53. The van der Waals surface area contributed by atoms with Gasteiger partial charge in [0.1, 0.15) is 0 Å². The third-order valence-electron chi connectivity index (χ3n) is 4.58. The van der Waals surface area contributed by atoms with Crippen molar-refractivity contribution >= 4 is 39.9 Å². The highest BCUT2D eigenvalue weighted by Crippen LogP contribution is 2.22. The minimum Gasteiger partial charge on any atom is -0.350 e. The van der Waals surface area contributed by atoms with E-state index in [2.05, 4.69) is 11.4 Å². The molecule has 0 fully saturated rings. The zero-order valence-corrected chi connectivity index (χ0v) is 18.3. The van der Waals surface area contributed by atoms with Crippen molar-refractivity contribution in [2.24, 2.45) is 0 Å². The van der Waals surface area contributed by atoms with Gasteiger partial charge in [0.25, 0.3) is 5.56 Å². The lowest BCUT2D eigenvalue weighted by Crippen LogP contribution is -2.26. The van der Waals surface area contributed by atoms with Gasteiger partial charge in [-0.05, 0) is 60.7 Å². The molecular weight excluding hydrogens is 414 g/mol. The van der Waals surface area contributed by atoms with Crippen molar-refractivity contribution in [3.05, 3.63) is 86.3 Å². The molecule has 1 N–H and O–H groups in total. The predicted molar refractivity (Wildman–Crippen MR) is 124 cm³/mol. The number of amides is 1. The average molecular weight is 436 g/mol. The topological polar surface area (TPSA) is 64.0 Å². The molecule has 0 radical (unpaired) electrons. The number of benzene rings is 2. The van der Waals surface area contributed by atoms with Crippen molar-refractivity contribution in [2.75, 3.05) is 5.75 Å². The summed E-state index contributed by atoms with van der Waals surface area (Å²) in [6.45, 7) is 4.51. The monoisotopic (exact) mass is 435 g/mol. The molecule has 5 nitrogen and oxygen atoms in total. The van der Waals surface area contributed by atoms with Gasteiger partial charge in [0.15, 0.2) is 5.16 Å². The van der Waals surface area contributed by atoms with Gasteiger partial charge >= 0.3 is 0 Å². The standard InChI is InChI=1S/C23H21N3O2S2/c1-15-10-16(2)12-17(11-15)26-22(28)19-7-3-4-8-20(19)25-23(26)30-14-21(27)24-13-18-6-5-9-29-18/h3-12H,13-14H2,1-2H3,(H,24,27). The third kappa shape index (κ3) is 4.47. The second-order valence-electron chi connectivity index (χ2n) is 7.04. The molecule has 2 aromatic carbocycles. The number of aryl methyl sites for hydroxylation is 2. The van der Waals surface area contributed by atoms with Crippen LogP contribution < -0.4 is 10.9 Å². The Bertz CT molecular complexity index is 1240. The van der Waals surface area contributed by atoms with E-state index in [0.717, 1.165) is 21.7 Å². The summed E-state index contributed by atoms with van der Waals surface area (Å²) in [6.07, 6.45) is 0. The second kappa shape index (κ2) is 8.85. The van der Waals surface area contributed by atoms with Gasteiger partial charge in [0, 0.05) is 4.88 Å². The minimum atomic E-state index is -0.132. The lowest BCUT2D eigenvalue weighted by molar-refractivity contribution is -0.118. The number of carbonyl (C=O) groups is 1. The summed E-state index contributed by atoms with van der Waals surface area (Å²) >= 11 is 2.88. The Hall–Kier alpha value is -2.90. The molecule has 0 aliphatic rings. The van der Waals surface area contributed by atoms with Gasteiger partial charge < -0.3 is 5.32 Å². The predicted octanol–water partition coefficient (Wildman–Crippen LogP) is 4.47. The average Bonchev–Trinajstić information content (AvgIpc) is 3.24. The number of aromatic nitrogens is 2. The molecule has 0 aliphatic carbocycles. The zero-order chi connectivity index (χ0) is 21.1. The SMILES string of the molecule is Cc1cc(C)cc(-n2c(SCC(=O)NCc3cccs3)nc3ccccc3c2=O)c1. The molecular formula is C23H21N3O2S2. The van der Waals surface area contributed by atoms with Gasteiger partial charge in [-0.1, -0.05) is 36.0 Å². The van der Waals surface area contributed by atoms with E-state index in [4.69, 9.17) is 4.98 Å². The fourth-order valence-corrected chi connectivity index (χ4v) is 4.78. The Balaban J connectivity index is 1.67. The number of carbonyl (C=O) groups excluding carboxylic acids is 1. The number of rotatable bonds is 6. The summed E-state index contributed by atoms with van der Waals surface area (Å²) < 4.78 is 1.61. The van der Waals surface area contributed by atoms with E-state index < -0.39 is 0 Å². The van der Waals surface area contributed by atoms with Gasteiger partial charge in [-0.25, -0.2) is 4.98 Å². The van der Waals surface area contributed by atoms with Crippen molar-refractivity contribution in [1.29, 1.82) is 0 Å². The van der Waals surface area contributed by atoms with Crippen molar-refractivity contribution in [3.8, 4) is 5.69 Å². The van der Waals surface area contributed by atoms with Crippen LogP contribution in [0.5, 0.6) is 0 Å². The molecule has 0 bridgehead atoms. The number of hydrogen-bond donors (Lipinski definition) is 1. The molecule has 4 aromatic rings. The molecule has 2 heterocycles. The molecule has 30 heavy (non-hydrogen) atoms. The molecule has 0 unspecified atom stereocenters. The fraction of sp³-hybridized carbons (Fsp3) is 0.174. The van der Waals surface area contributed by atoms with E-state index in [9.17, 15) is 9.59 Å². The van der Waals surface area contributed by atoms with Crippen molar-refractivity contribution < 1.29 is 4.79 Å². The molecule has 2 aromatic heterocycles. The zero-order valence-electron chi connectivity index (χ0n) is 16.7. The minimum absolute atomic E-state index is 0.0946. The fourth-order valence-electron chi connectivity index (χ4n) is 3.30. The molecule has 0 spiro atoms. The van der Waals surface area contributed by atoms with E-state index in [-0.39, 0.29) is 17.2 Å². The summed E-state index contributed by atoms with van der Waals surface area (Å²) in [7, 11) is 0. The Morgan fingerprint density at radius 1 is 1.10 bits per heavy atom. The van der Waals surface area contributed by atoms with Crippen LogP contribution in [0.4, 0.5) is 0 Å². The van der Waals surface area contributed by atoms with Crippen LogP contribution in [0.25, 0.3) is 16.6 Å². The van der Waals surface area contributed by atoms with Crippen LogP contribution in [-0.4, -0.2) is 21.2 Å². The number of para-hydroxylation sites is 1. The maximum absolute atomic E-state index is 13.3. The van der Waals surface area contributed by atoms with Gasteiger partial charge in [-0.3, -0.25) is 14.2 Å². The molecule has 0 saturated carbocycles. The molecule has 1 amide bonds. The molecule has 0 atom stereocenters. The van der Waals surface area contributed by atoms with Crippen LogP contribution in [0.15, 0.2) is 69.9 Å². The first-order chi connectivity index (χ1) is 14.5. The lowest BCUT2D eigenvalue weighted by Gasteiger charge is -2.14. The maximum Gasteiger partial charge on any atom is 0.266 e. The van der Waals surface area contributed by atoms with Crippen LogP contribution in [0.2, 0.25) is 0 Å². The highest BCUT2D eigenvalue weighted by molar-refractivity contribution is 7.99. The number of nitrogens with zero attached hydrogens (tertiary/aromatic N) is 2. The van der Waals surface area contributed by atoms with Crippen LogP contribution in [0.3, 0.4) is 0 Å². The number of nitrogens with one attached hydrogen (secondary N) is 1. The maximum atomic E-state index is 13.3. The van der Waals surface area contributed by atoms with Gasteiger partial charge in [0.05, 0.1) is 28.9 Å². The molecule has 0 saturated heterocycles. The Labute approximate surface area is 182 Å². The van der Waals surface area contributed by atoms with Crippen LogP contribution in [0.1, 0.15) is 16.0 Å². The van der Waals surface area contributed by atoms with Gasteiger partial charge in [0.2, 0.25) is 5.91 Å². The summed E-state index contributed by atoms with van der Waals surface area (Å²) in [5.41, 5.74) is 3.39. The first kappa shape index (κ1) is 20.4. The van der Waals surface area contributed by atoms with Gasteiger partial charge in [-0.2, -0.15) is 0 Å². The largest absolute Gasteiger partial charge is 0.350 e. The Morgan fingerprint density at radius 2 is 1.87 bits per heavy atom. The first-order valence-corrected chi connectivity index (χ1v) is 11.4. The quantitative estimate of drug-likeness (QED) is 0.358. The summed E-state index contributed by atoms with van der Waals surface area (Å²) in [5, 5.41) is 5.97. The molecule has 4 rings (SSSR count). The van der Waals surface area contributed by atoms with E-state index in [1.165, 1.54) is 11.8 Å². The number of thioether (sulfide) groups is 1. The Kier molecular flexibility index (Phi) is 6.01. The van der Waals surface area contributed by atoms with Crippen molar-refractivity contribution in [3.63, 3.8) is 0 Å². The van der Waals surface area contributed by atoms with Crippen LogP contribution in [-0.2, 0) is 11.3 Å².